The van der Waals surface area contributed by atoms with Gasteiger partial charge in [0.15, 0.2) is 0 Å². The second kappa shape index (κ2) is 6.87. The number of morpholine rings is 1. The Hall–Kier alpha value is -2.98. The van der Waals surface area contributed by atoms with Gasteiger partial charge in [0, 0.05) is 12.7 Å². The molecule has 1 atom stereocenters. The smallest absolute Gasteiger partial charge is 0.329 e. The number of benzene rings is 1. The third-order valence-electron chi connectivity index (χ3n) is 4.35. The quantitative estimate of drug-likeness (QED) is 0.631. The molecule has 1 aliphatic rings. The van der Waals surface area contributed by atoms with E-state index in [9.17, 15) is 10.1 Å². The molecule has 2 aromatic rings. The van der Waals surface area contributed by atoms with E-state index in [1.807, 2.05) is 36.9 Å². The van der Waals surface area contributed by atoms with Gasteiger partial charge in [0.05, 0.1) is 18.1 Å². The van der Waals surface area contributed by atoms with E-state index in [1.165, 1.54) is 17.8 Å². The van der Waals surface area contributed by atoms with Gasteiger partial charge in [-0.2, -0.15) is 5.26 Å². The lowest BCUT2D eigenvalue weighted by Crippen LogP contribution is -2.39. The predicted octanol–water partition coefficient (Wildman–Crippen LogP) is 3.06. The molecule has 0 bridgehead atoms. The summed E-state index contributed by atoms with van der Waals surface area (Å²) in [6, 6.07) is 9.40. The molecular formula is C18H18N4O3. The van der Waals surface area contributed by atoms with Crippen LogP contribution in [-0.4, -0.2) is 29.6 Å². The third kappa shape index (κ3) is 3.30. The first-order valence-corrected chi connectivity index (χ1v) is 7.98. The normalized spacial score (nSPS) is 17.2. The number of nitrogens with zero attached hydrogens (tertiary/aromatic N) is 4. The van der Waals surface area contributed by atoms with Crippen LogP contribution in [0.2, 0.25) is 0 Å². The highest BCUT2D eigenvalue weighted by Gasteiger charge is 2.30. The van der Waals surface area contributed by atoms with Gasteiger partial charge in [0.25, 0.3) is 0 Å². The molecule has 0 amide bonds. The molecule has 0 unspecified atom stereocenters. The van der Waals surface area contributed by atoms with Crippen LogP contribution >= 0.6 is 0 Å². The molecular weight excluding hydrogens is 320 g/mol. The molecule has 1 aliphatic heterocycles. The van der Waals surface area contributed by atoms with Gasteiger partial charge in [0.2, 0.25) is 5.82 Å². The molecule has 0 radical (unpaired) electrons. The molecule has 2 heterocycles. The van der Waals surface area contributed by atoms with Gasteiger partial charge in [-0.3, -0.25) is 10.1 Å². The molecule has 0 N–H and O–H groups in total. The van der Waals surface area contributed by atoms with Gasteiger partial charge in [0.1, 0.15) is 17.7 Å². The zero-order chi connectivity index (χ0) is 18.0. The van der Waals surface area contributed by atoms with Crippen molar-refractivity contribution in [1.29, 1.82) is 5.26 Å². The molecule has 0 spiro atoms. The van der Waals surface area contributed by atoms with Gasteiger partial charge in [-0.25, -0.2) is 4.98 Å². The van der Waals surface area contributed by atoms with Crippen LogP contribution in [-0.2, 0) is 4.74 Å². The first kappa shape index (κ1) is 16.9. The van der Waals surface area contributed by atoms with Crippen LogP contribution in [0.1, 0.15) is 28.4 Å². The molecule has 7 heteroatoms. The molecule has 3 rings (SSSR count). The minimum Gasteiger partial charge on any atom is -0.370 e. The van der Waals surface area contributed by atoms with Crippen molar-refractivity contribution in [2.24, 2.45) is 0 Å². The Morgan fingerprint density at radius 1 is 1.40 bits per heavy atom. The lowest BCUT2D eigenvalue weighted by molar-refractivity contribution is -0.384. The Kier molecular flexibility index (Phi) is 4.63. The van der Waals surface area contributed by atoms with Crippen molar-refractivity contribution >= 4 is 11.5 Å². The van der Waals surface area contributed by atoms with Gasteiger partial charge in [-0.05, 0) is 31.0 Å². The first-order chi connectivity index (χ1) is 12.0. The van der Waals surface area contributed by atoms with Crippen LogP contribution in [0.3, 0.4) is 0 Å². The predicted molar refractivity (Wildman–Crippen MR) is 92.4 cm³/mol. The van der Waals surface area contributed by atoms with E-state index >= 15 is 0 Å². The van der Waals surface area contributed by atoms with E-state index in [0.717, 1.165) is 11.1 Å². The summed E-state index contributed by atoms with van der Waals surface area (Å²) in [6.45, 7) is 5.44. The van der Waals surface area contributed by atoms with E-state index in [2.05, 4.69) is 11.1 Å². The van der Waals surface area contributed by atoms with Gasteiger partial charge < -0.3 is 9.64 Å². The van der Waals surface area contributed by atoms with Crippen LogP contribution in [0.15, 0.2) is 30.5 Å². The fraction of sp³-hybridized carbons (Fsp3) is 0.333. The van der Waals surface area contributed by atoms with Gasteiger partial charge in [-0.15, -0.1) is 0 Å². The van der Waals surface area contributed by atoms with E-state index < -0.39 is 4.92 Å². The Labute approximate surface area is 145 Å². The van der Waals surface area contributed by atoms with Crippen LogP contribution in [0.5, 0.6) is 0 Å². The Morgan fingerprint density at radius 3 is 2.88 bits per heavy atom. The van der Waals surface area contributed by atoms with Crippen molar-refractivity contribution in [1.82, 2.24) is 4.98 Å². The molecule has 25 heavy (non-hydrogen) atoms. The second-order valence-corrected chi connectivity index (χ2v) is 6.07. The van der Waals surface area contributed by atoms with Crippen LogP contribution in [0.25, 0.3) is 0 Å². The summed E-state index contributed by atoms with van der Waals surface area (Å²) in [6.07, 6.45) is 1.24. The summed E-state index contributed by atoms with van der Waals surface area (Å²) in [5, 5.41) is 20.6. The number of rotatable bonds is 3. The minimum atomic E-state index is -0.539. The molecule has 0 saturated carbocycles. The molecule has 0 aliphatic carbocycles. The van der Waals surface area contributed by atoms with Crippen molar-refractivity contribution in [2.45, 2.75) is 20.0 Å². The summed E-state index contributed by atoms with van der Waals surface area (Å²) in [7, 11) is 0. The number of nitro groups is 1. The maximum atomic E-state index is 11.4. The van der Waals surface area contributed by atoms with Crippen LogP contribution < -0.4 is 4.90 Å². The average molecular weight is 338 g/mol. The lowest BCUT2D eigenvalue weighted by Gasteiger charge is -2.34. The Balaban J connectivity index is 1.95. The maximum absolute atomic E-state index is 11.4. The number of pyridine rings is 1. The summed E-state index contributed by atoms with van der Waals surface area (Å²) in [4.78, 5) is 16.9. The SMILES string of the molecule is Cc1ccc([C@H]2CN(c3nccc(C#N)c3[N+](=O)[O-])CCO2)c(C)c1. The van der Waals surface area contributed by atoms with Gasteiger partial charge in [-0.1, -0.05) is 23.8 Å². The highest BCUT2D eigenvalue weighted by Crippen LogP contribution is 2.33. The van der Waals surface area contributed by atoms with Crippen molar-refractivity contribution in [3.63, 3.8) is 0 Å². The van der Waals surface area contributed by atoms with Crippen molar-refractivity contribution < 1.29 is 9.66 Å². The summed E-state index contributed by atoms with van der Waals surface area (Å²) < 4.78 is 5.89. The fourth-order valence-electron chi connectivity index (χ4n) is 3.16. The van der Waals surface area contributed by atoms with E-state index in [0.29, 0.717) is 19.7 Å². The molecule has 1 aromatic heterocycles. The van der Waals surface area contributed by atoms with Crippen molar-refractivity contribution in [3.05, 3.63) is 62.8 Å². The molecule has 7 nitrogen and oxygen atoms in total. The number of aryl methyl sites for hydroxylation is 2. The van der Waals surface area contributed by atoms with E-state index in [1.54, 1.807) is 0 Å². The standard InChI is InChI=1S/C18H18N4O3/c1-12-3-4-15(13(2)9-12)16-11-21(7-8-25-16)18-17(22(23)24)14(10-19)5-6-20-18/h3-6,9,16H,7-8,11H2,1-2H3/t16-/m1/s1. The Morgan fingerprint density at radius 2 is 2.20 bits per heavy atom. The van der Waals surface area contributed by atoms with Gasteiger partial charge >= 0.3 is 5.69 Å². The topological polar surface area (TPSA) is 92.3 Å². The lowest BCUT2D eigenvalue weighted by atomic mass is 10.00. The number of hydrogen-bond donors (Lipinski definition) is 0. The number of aromatic nitrogens is 1. The second-order valence-electron chi connectivity index (χ2n) is 6.07. The molecule has 1 aromatic carbocycles. The van der Waals surface area contributed by atoms with E-state index in [4.69, 9.17) is 10.00 Å². The Bertz CT molecular complexity index is 860. The summed E-state index contributed by atoms with van der Waals surface area (Å²) >= 11 is 0. The van der Waals surface area contributed by atoms with E-state index in [-0.39, 0.29) is 23.2 Å². The number of ether oxygens (including phenoxy) is 1. The maximum Gasteiger partial charge on any atom is 0.329 e. The molecule has 1 saturated heterocycles. The van der Waals surface area contributed by atoms with Crippen LogP contribution in [0.4, 0.5) is 11.5 Å². The van der Waals surface area contributed by atoms with Crippen molar-refractivity contribution in [3.8, 4) is 6.07 Å². The zero-order valence-electron chi connectivity index (χ0n) is 14.1. The first-order valence-electron chi connectivity index (χ1n) is 7.98. The van der Waals surface area contributed by atoms with Crippen LogP contribution in [0, 0.1) is 35.3 Å². The third-order valence-corrected chi connectivity index (χ3v) is 4.35. The zero-order valence-corrected chi connectivity index (χ0v) is 14.1. The fourth-order valence-corrected chi connectivity index (χ4v) is 3.16. The molecule has 128 valence electrons. The summed E-state index contributed by atoms with van der Waals surface area (Å²) in [5.74, 6) is 0.224. The number of anilines is 1. The highest BCUT2D eigenvalue weighted by molar-refractivity contribution is 5.65. The minimum absolute atomic E-state index is 0.0181. The largest absolute Gasteiger partial charge is 0.370 e. The average Bonchev–Trinajstić information content (AvgIpc) is 2.61. The van der Waals surface area contributed by atoms with Crippen molar-refractivity contribution in [2.75, 3.05) is 24.6 Å². The number of nitriles is 1. The summed E-state index contributed by atoms with van der Waals surface area (Å²) in [5.41, 5.74) is 3.14. The monoisotopic (exact) mass is 338 g/mol. The number of hydrogen-bond acceptors (Lipinski definition) is 6. The highest BCUT2D eigenvalue weighted by atomic mass is 16.6. The molecule has 1 fully saturated rings.